The summed E-state index contributed by atoms with van der Waals surface area (Å²) in [6.07, 6.45) is 6.12. The number of hydrogen-bond donors (Lipinski definition) is 3. The number of aromatic nitrogens is 2. The van der Waals surface area contributed by atoms with E-state index in [1.54, 1.807) is 18.2 Å². The van der Waals surface area contributed by atoms with Crippen LogP contribution in [0.15, 0.2) is 30.5 Å². The average molecular weight is 367 g/mol. The van der Waals surface area contributed by atoms with E-state index in [2.05, 4.69) is 21.0 Å². The molecule has 1 aromatic carbocycles. The number of rotatable bonds is 5. The van der Waals surface area contributed by atoms with E-state index in [0.717, 1.165) is 44.3 Å². The van der Waals surface area contributed by atoms with Crippen molar-refractivity contribution in [3.8, 4) is 0 Å². The average Bonchev–Trinajstić information content (AvgIpc) is 3.35. The number of carbonyl (C=O) groups is 2. The van der Waals surface area contributed by atoms with Crippen molar-refractivity contribution in [2.45, 2.75) is 44.7 Å². The normalized spacial score (nSPS) is 19.5. The Kier molecular flexibility index (Phi) is 4.94. The summed E-state index contributed by atoms with van der Waals surface area (Å²) in [5.41, 5.74) is 2.48. The molecule has 4 rings (SSSR count). The van der Waals surface area contributed by atoms with E-state index in [-0.39, 0.29) is 17.9 Å². The molecule has 0 radical (unpaired) electrons. The zero-order valence-corrected chi connectivity index (χ0v) is 15.5. The SMILES string of the molecule is Cc1ccc(C(=O)NC2CC2)cc1NC(=O)c1ccn(C2CCCNC2)n1. The molecule has 2 aliphatic rings. The van der Waals surface area contributed by atoms with E-state index in [9.17, 15) is 9.59 Å². The van der Waals surface area contributed by atoms with Crippen LogP contribution in [0.25, 0.3) is 0 Å². The molecule has 2 heterocycles. The molecule has 1 saturated carbocycles. The maximum atomic E-state index is 12.6. The maximum absolute atomic E-state index is 12.6. The lowest BCUT2D eigenvalue weighted by Crippen LogP contribution is -2.32. The van der Waals surface area contributed by atoms with E-state index < -0.39 is 0 Å². The topological polar surface area (TPSA) is 88.0 Å². The van der Waals surface area contributed by atoms with Crippen LogP contribution in [-0.4, -0.2) is 40.7 Å². The second-order valence-corrected chi connectivity index (χ2v) is 7.41. The lowest BCUT2D eigenvalue weighted by Gasteiger charge is -2.22. The third-order valence-electron chi connectivity index (χ3n) is 5.15. The number of hydrogen-bond acceptors (Lipinski definition) is 4. The molecule has 2 aromatic rings. The highest BCUT2D eigenvalue weighted by Crippen LogP contribution is 2.22. The van der Waals surface area contributed by atoms with Gasteiger partial charge in [0.25, 0.3) is 11.8 Å². The Bertz CT molecular complexity index is 850. The summed E-state index contributed by atoms with van der Waals surface area (Å²) in [6.45, 7) is 3.82. The van der Waals surface area contributed by atoms with E-state index in [4.69, 9.17) is 0 Å². The maximum Gasteiger partial charge on any atom is 0.276 e. The molecule has 7 heteroatoms. The van der Waals surface area contributed by atoms with Crippen molar-refractivity contribution in [3.05, 3.63) is 47.3 Å². The van der Waals surface area contributed by atoms with Crippen molar-refractivity contribution >= 4 is 17.5 Å². The molecule has 1 aliphatic carbocycles. The third kappa shape index (κ3) is 4.19. The minimum absolute atomic E-state index is 0.0953. The van der Waals surface area contributed by atoms with Gasteiger partial charge in [0, 0.05) is 30.0 Å². The molecule has 3 N–H and O–H groups in total. The van der Waals surface area contributed by atoms with Crippen LogP contribution in [0.5, 0.6) is 0 Å². The van der Waals surface area contributed by atoms with Gasteiger partial charge in [0.15, 0.2) is 5.69 Å². The molecule has 1 aliphatic heterocycles. The Labute approximate surface area is 158 Å². The van der Waals surface area contributed by atoms with Crippen molar-refractivity contribution < 1.29 is 9.59 Å². The molecule has 0 bridgehead atoms. The summed E-state index contributed by atoms with van der Waals surface area (Å²) in [6, 6.07) is 7.69. The number of nitrogens with one attached hydrogen (secondary N) is 3. The van der Waals surface area contributed by atoms with Gasteiger partial charge in [0.05, 0.1) is 6.04 Å². The van der Waals surface area contributed by atoms with Crippen LogP contribution in [0, 0.1) is 6.92 Å². The fraction of sp³-hybridized carbons (Fsp3) is 0.450. The van der Waals surface area contributed by atoms with E-state index in [1.165, 1.54) is 0 Å². The van der Waals surface area contributed by atoms with Gasteiger partial charge in [-0.1, -0.05) is 6.07 Å². The van der Waals surface area contributed by atoms with Crippen LogP contribution in [-0.2, 0) is 0 Å². The first-order valence-electron chi connectivity index (χ1n) is 9.59. The third-order valence-corrected chi connectivity index (χ3v) is 5.15. The van der Waals surface area contributed by atoms with Crippen LogP contribution in [0.4, 0.5) is 5.69 Å². The van der Waals surface area contributed by atoms with Crippen LogP contribution in [0.3, 0.4) is 0 Å². The monoisotopic (exact) mass is 367 g/mol. The molecule has 1 atom stereocenters. The number of amides is 2. The first-order valence-corrected chi connectivity index (χ1v) is 9.59. The second kappa shape index (κ2) is 7.52. The Balaban J connectivity index is 1.45. The van der Waals surface area contributed by atoms with Crippen molar-refractivity contribution in [2.75, 3.05) is 18.4 Å². The van der Waals surface area contributed by atoms with Gasteiger partial charge in [-0.15, -0.1) is 0 Å². The lowest BCUT2D eigenvalue weighted by molar-refractivity contribution is 0.0949. The van der Waals surface area contributed by atoms with Crippen LogP contribution in [0.1, 0.15) is 58.1 Å². The minimum Gasteiger partial charge on any atom is -0.349 e. The standard InChI is InChI=1S/C20H25N5O2/c1-13-4-5-14(19(26)22-15-6-7-15)11-18(13)23-20(27)17-8-10-25(24-17)16-3-2-9-21-12-16/h4-5,8,10-11,15-16,21H,2-3,6-7,9,12H2,1H3,(H,22,26)(H,23,27). The number of anilines is 1. The quantitative estimate of drug-likeness (QED) is 0.756. The Morgan fingerprint density at radius 3 is 2.78 bits per heavy atom. The molecular formula is C20H25N5O2. The van der Waals surface area contributed by atoms with Crippen molar-refractivity contribution in [3.63, 3.8) is 0 Å². The molecule has 142 valence electrons. The Morgan fingerprint density at radius 1 is 1.19 bits per heavy atom. The smallest absolute Gasteiger partial charge is 0.276 e. The van der Waals surface area contributed by atoms with Crippen LogP contribution >= 0.6 is 0 Å². The molecule has 27 heavy (non-hydrogen) atoms. The van der Waals surface area contributed by atoms with Crippen LogP contribution in [0.2, 0.25) is 0 Å². The number of piperidine rings is 1. The molecule has 2 fully saturated rings. The predicted octanol–water partition coefficient (Wildman–Crippen LogP) is 2.26. The molecule has 1 aromatic heterocycles. The summed E-state index contributed by atoms with van der Waals surface area (Å²) >= 11 is 0. The van der Waals surface area contributed by atoms with E-state index in [0.29, 0.717) is 23.0 Å². The van der Waals surface area contributed by atoms with Gasteiger partial charge in [-0.3, -0.25) is 14.3 Å². The highest BCUT2D eigenvalue weighted by atomic mass is 16.2. The zero-order valence-electron chi connectivity index (χ0n) is 15.5. The number of aryl methyl sites for hydroxylation is 1. The summed E-state index contributed by atoms with van der Waals surface area (Å²) in [4.78, 5) is 24.9. The molecule has 1 unspecified atom stereocenters. The first-order chi connectivity index (χ1) is 13.1. The number of benzene rings is 1. The largest absolute Gasteiger partial charge is 0.349 e. The Morgan fingerprint density at radius 2 is 2.04 bits per heavy atom. The zero-order chi connectivity index (χ0) is 18.8. The highest BCUT2D eigenvalue weighted by molar-refractivity contribution is 6.04. The Hall–Kier alpha value is -2.67. The summed E-state index contributed by atoms with van der Waals surface area (Å²) < 4.78 is 1.87. The van der Waals surface area contributed by atoms with Crippen molar-refractivity contribution in [1.29, 1.82) is 0 Å². The van der Waals surface area contributed by atoms with E-state index >= 15 is 0 Å². The van der Waals surface area contributed by atoms with Crippen molar-refractivity contribution in [2.24, 2.45) is 0 Å². The highest BCUT2D eigenvalue weighted by Gasteiger charge is 2.24. The molecule has 1 saturated heterocycles. The molecular weight excluding hydrogens is 342 g/mol. The summed E-state index contributed by atoms with van der Waals surface area (Å²) in [5, 5.41) is 13.7. The van der Waals surface area contributed by atoms with E-state index in [1.807, 2.05) is 23.9 Å². The second-order valence-electron chi connectivity index (χ2n) is 7.41. The van der Waals surface area contributed by atoms with Crippen molar-refractivity contribution in [1.82, 2.24) is 20.4 Å². The van der Waals surface area contributed by atoms with Gasteiger partial charge in [0.1, 0.15) is 0 Å². The molecule has 0 spiro atoms. The van der Waals surface area contributed by atoms with Crippen LogP contribution < -0.4 is 16.0 Å². The predicted molar refractivity (Wildman–Crippen MR) is 103 cm³/mol. The van der Waals surface area contributed by atoms with Gasteiger partial charge in [-0.25, -0.2) is 0 Å². The van der Waals surface area contributed by atoms with Gasteiger partial charge >= 0.3 is 0 Å². The fourth-order valence-corrected chi connectivity index (χ4v) is 3.30. The summed E-state index contributed by atoms with van der Waals surface area (Å²) in [7, 11) is 0. The molecule has 2 amide bonds. The first kappa shape index (κ1) is 17.7. The number of carbonyl (C=O) groups excluding carboxylic acids is 2. The fourth-order valence-electron chi connectivity index (χ4n) is 3.30. The van der Waals surface area contributed by atoms with Gasteiger partial charge in [-0.05, 0) is 62.9 Å². The van der Waals surface area contributed by atoms with Gasteiger partial charge in [-0.2, -0.15) is 5.10 Å². The lowest BCUT2D eigenvalue weighted by atomic mass is 10.1. The molecule has 7 nitrogen and oxygen atoms in total. The minimum atomic E-state index is -0.264. The van der Waals surface area contributed by atoms with Gasteiger partial charge < -0.3 is 16.0 Å². The summed E-state index contributed by atoms with van der Waals surface area (Å²) in [5.74, 6) is -0.359. The number of nitrogens with zero attached hydrogens (tertiary/aromatic N) is 2. The van der Waals surface area contributed by atoms with Gasteiger partial charge in [0.2, 0.25) is 0 Å².